The van der Waals surface area contributed by atoms with Crippen LogP contribution in [0.5, 0.6) is 5.75 Å². The van der Waals surface area contributed by atoms with Crippen molar-refractivity contribution in [2.45, 2.75) is 25.7 Å². The maximum Gasteiger partial charge on any atom is 0.244 e. The third-order valence-corrected chi connectivity index (χ3v) is 4.19. The first-order valence-electron chi connectivity index (χ1n) is 5.28. The molecule has 0 aliphatic heterocycles. The van der Waals surface area contributed by atoms with Crippen molar-refractivity contribution in [2.75, 3.05) is 19.4 Å². The lowest BCUT2D eigenvalue weighted by atomic mass is 10.1. The average Bonchev–Trinajstić information content (AvgIpc) is 2.25. The molecule has 0 aliphatic rings. The molecule has 0 bridgehead atoms. The standard InChI is InChI=1S/C11H18N2O3S/c1-5-13-17(14,15)9-6-7(2)8(3)10(12)11(9)16-4/h6,13H,5,12H2,1-4H3. The number of sulfonamides is 1. The zero-order chi connectivity index (χ0) is 13.2. The summed E-state index contributed by atoms with van der Waals surface area (Å²) in [5.74, 6) is 0.203. The molecule has 1 aromatic rings. The van der Waals surface area contributed by atoms with Gasteiger partial charge < -0.3 is 10.5 Å². The minimum absolute atomic E-state index is 0.0856. The monoisotopic (exact) mass is 258 g/mol. The summed E-state index contributed by atoms with van der Waals surface area (Å²) in [5.41, 5.74) is 7.89. The van der Waals surface area contributed by atoms with E-state index in [9.17, 15) is 8.42 Å². The van der Waals surface area contributed by atoms with E-state index >= 15 is 0 Å². The Morgan fingerprint density at radius 2 is 2.00 bits per heavy atom. The number of nitrogens with one attached hydrogen (secondary N) is 1. The van der Waals surface area contributed by atoms with E-state index in [4.69, 9.17) is 10.5 Å². The summed E-state index contributed by atoms with van der Waals surface area (Å²) in [6.07, 6.45) is 0. The number of anilines is 1. The molecule has 0 aliphatic carbocycles. The highest BCUT2D eigenvalue weighted by molar-refractivity contribution is 7.89. The van der Waals surface area contributed by atoms with E-state index < -0.39 is 10.0 Å². The van der Waals surface area contributed by atoms with Gasteiger partial charge in [-0.2, -0.15) is 0 Å². The normalized spacial score (nSPS) is 11.5. The lowest BCUT2D eigenvalue weighted by molar-refractivity contribution is 0.404. The Balaban J connectivity index is 3.54. The van der Waals surface area contributed by atoms with E-state index in [0.29, 0.717) is 12.2 Å². The van der Waals surface area contributed by atoms with Crippen LogP contribution < -0.4 is 15.2 Å². The van der Waals surface area contributed by atoms with E-state index in [2.05, 4.69) is 4.72 Å². The Bertz CT molecular complexity index is 524. The Morgan fingerprint density at radius 1 is 1.41 bits per heavy atom. The predicted octanol–water partition coefficient (Wildman–Crippen LogP) is 1.19. The second-order valence-electron chi connectivity index (χ2n) is 3.76. The molecule has 1 rings (SSSR count). The van der Waals surface area contributed by atoms with E-state index in [-0.39, 0.29) is 10.6 Å². The molecule has 0 amide bonds. The first kappa shape index (κ1) is 13.8. The van der Waals surface area contributed by atoms with E-state index in [1.165, 1.54) is 7.11 Å². The largest absolute Gasteiger partial charge is 0.493 e. The van der Waals surface area contributed by atoms with Crippen molar-refractivity contribution in [2.24, 2.45) is 0 Å². The highest BCUT2D eigenvalue weighted by Crippen LogP contribution is 2.34. The predicted molar refractivity (Wildman–Crippen MR) is 67.7 cm³/mol. The zero-order valence-corrected chi connectivity index (χ0v) is 11.3. The molecule has 1 aromatic carbocycles. The molecule has 5 nitrogen and oxygen atoms in total. The molecule has 0 unspecified atom stereocenters. The topological polar surface area (TPSA) is 81.4 Å². The maximum absolute atomic E-state index is 12.0. The molecule has 17 heavy (non-hydrogen) atoms. The number of ether oxygens (including phenoxy) is 1. The van der Waals surface area contributed by atoms with Crippen molar-refractivity contribution in [3.8, 4) is 5.75 Å². The Hall–Kier alpha value is -1.27. The van der Waals surface area contributed by atoms with Crippen LogP contribution in [0.15, 0.2) is 11.0 Å². The van der Waals surface area contributed by atoms with Crippen LogP contribution in [0, 0.1) is 13.8 Å². The summed E-state index contributed by atoms with van der Waals surface area (Å²) in [5, 5.41) is 0. The van der Waals surface area contributed by atoms with Gasteiger partial charge in [0.15, 0.2) is 5.75 Å². The quantitative estimate of drug-likeness (QED) is 0.795. The first-order valence-corrected chi connectivity index (χ1v) is 6.76. The number of nitrogen functional groups attached to an aromatic ring is 1. The maximum atomic E-state index is 12.0. The van der Waals surface area contributed by atoms with Crippen molar-refractivity contribution in [3.05, 3.63) is 17.2 Å². The van der Waals surface area contributed by atoms with Gasteiger partial charge >= 0.3 is 0 Å². The molecule has 3 N–H and O–H groups in total. The summed E-state index contributed by atoms with van der Waals surface area (Å²) in [6, 6.07) is 1.57. The molecule has 0 aromatic heterocycles. The van der Waals surface area contributed by atoms with Crippen LogP contribution in [-0.2, 0) is 10.0 Å². The molecule has 0 saturated carbocycles. The second kappa shape index (κ2) is 4.93. The molecule has 0 atom stereocenters. The van der Waals surface area contributed by atoms with Crippen LogP contribution in [-0.4, -0.2) is 22.1 Å². The number of rotatable bonds is 4. The fraction of sp³-hybridized carbons (Fsp3) is 0.455. The van der Waals surface area contributed by atoms with Gasteiger partial charge in [0.25, 0.3) is 0 Å². The highest BCUT2D eigenvalue weighted by atomic mass is 32.2. The van der Waals surface area contributed by atoms with Crippen molar-refractivity contribution in [3.63, 3.8) is 0 Å². The van der Waals surface area contributed by atoms with Gasteiger partial charge in [0, 0.05) is 6.54 Å². The first-order chi connectivity index (χ1) is 7.85. The van der Waals surface area contributed by atoms with E-state index in [1.807, 2.05) is 13.8 Å². The molecule has 0 heterocycles. The molecular weight excluding hydrogens is 240 g/mol. The third-order valence-electron chi connectivity index (χ3n) is 2.64. The highest BCUT2D eigenvalue weighted by Gasteiger charge is 2.22. The van der Waals surface area contributed by atoms with Crippen molar-refractivity contribution < 1.29 is 13.2 Å². The number of nitrogens with two attached hydrogens (primary N) is 1. The Morgan fingerprint density at radius 3 is 2.47 bits per heavy atom. The van der Waals surface area contributed by atoms with Gasteiger partial charge in [-0.05, 0) is 31.0 Å². The summed E-state index contributed by atoms with van der Waals surface area (Å²) in [6.45, 7) is 5.68. The number of aryl methyl sites for hydroxylation is 1. The van der Waals surface area contributed by atoms with Crippen molar-refractivity contribution in [1.82, 2.24) is 4.72 Å². The zero-order valence-electron chi connectivity index (χ0n) is 10.5. The molecule has 0 fully saturated rings. The molecule has 96 valence electrons. The van der Waals surface area contributed by atoms with Gasteiger partial charge in [-0.15, -0.1) is 0 Å². The Labute approximate surface area is 102 Å². The summed E-state index contributed by atoms with van der Waals surface area (Å²) < 4.78 is 31.5. The molecule has 6 heteroatoms. The Kier molecular flexibility index (Phi) is 4.00. The van der Waals surface area contributed by atoms with Gasteiger partial charge in [-0.3, -0.25) is 0 Å². The lowest BCUT2D eigenvalue weighted by Gasteiger charge is -2.15. The number of methoxy groups -OCH3 is 1. The summed E-state index contributed by atoms with van der Waals surface area (Å²) >= 11 is 0. The van der Waals surface area contributed by atoms with Gasteiger partial charge in [-0.1, -0.05) is 6.92 Å². The third kappa shape index (κ3) is 2.53. The number of hydrogen-bond acceptors (Lipinski definition) is 4. The van der Waals surface area contributed by atoms with Crippen LogP contribution in [0.3, 0.4) is 0 Å². The van der Waals surface area contributed by atoms with Gasteiger partial charge in [0.2, 0.25) is 10.0 Å². The number of hydrogen-bond donors (Lipinski definition) is 2. The van der Waals surface area contributed by atoms with Crippen LogP contribution in [0.4, 0.5) is 5.69 Å². The lowest BCUT2D eigenvalue weighted by Crippen LogP contribution is -2.24. The fourth-order valence-electron chi connectivity index (χ4n) is 1.56. The summed E-state index contributed by atoms with van der Waals surface area (Å²) in [4.78, 5) is 0.0856. The number of benzene rings is 1. The molecule has 0 saturated heterocycles. The smallest absolute Gasteiger partial charge is 0.244 e. The van der Waals surface area contributed by atoms with Gasteiger partial charge in [0.05, 0.1) is 12.8 Å². The molecule has 0 radical (unpaired) electrons. The summed E-state index contributed by atoms with van der Waals surface area (Å²) in [7, 11) is -2.16. The fourth-order valence-corrected chi connectivity index (χ4v) is 2.87. The van der Waals surface area contributed by atoms with Crippen LogP contribution >= 0.6 is 0 Å². The second-order valence-corrected chi connectivity index (χ2v) is 5.50. The van der Waals surface area contributed by atoms with Crippen LogP contribution in [0.2, 0.25) is 0 Å². The van der Waals surface area contributed by atoms with Gasteiger partial charge in [0.1, 0.15) is 4.90 Å². The molecular formula is C11H18N2O3S. The van der Waals surface area contributed by atoms with Crippen LogP contribution in [0.25, 0.3) is 0 Å². The average molecular weight is 258 g/mol. The minimum atomic E-state index is -3.57. The van der Waals surface area contributed by atoms with Crippen molar-refractivity contribution >= 4 is 15.7 Å². The minimum Gasteiger partial charge on any atom is -0.493 e. The van der Waals surface area contributed by atoms with Crippen LogP contribution in [0.1, 0.15) is 18.1 Å². The van der Waals surface area contributed by atoms with Gasteiger partial charge in [-0.25, -0.2) is 13.1 Å². The van der Waals surface area contributed by atoms with E-state index in [0.717, 1.165) is 11.1 Å². The van der Waals surface area contributed by atoms with E-state index in [1.54, 1.807) is 13.0 Å². The van der Waals surface area contributed by atoms with Crippen molar-refractivity contribution in [1.29, 1.82) is 0 Å². The SMILES string of the molecule is CCNS(=O)(=O)c1cc(C)c(C)c(N)c1OC. The molecule has 0 spiro atoms.